The van der Waals surface area contributed by atoms with E-state index in [1.54, 1.807) is 43.4 Å². The number of hydrogen-bond donors (Lipinski definition) is 0. The zero-order valence-electron chi connectivity index (χ0n) is 14.8. The molecule has 1 fully saturated rings. The summed E-state index contributed by atoms with van der Waals surface area (Å²) >= 11 is 0. The minimum atomic E-state index is -0.168. The summed E-state index contributed by atoms with van der Waals surface area (Å²) < 4.78 is 21.7. The highest BCUT2D eigenvalue weighted by Crippen LogP contribution is 2.34. The van der Waals surface area contributed by atoms with Gasteiger partial charge >= 0.3 is 0 Å². The molecule has 0 N–H and O–H groups in total. The van der Waals surface area contributed by atoms with Gasteiger partial charge in [-0.2, -0.15) is 0 Å². The molecule has 0 bridgehead atoms. The first-order valence-corrected chi connectivity index (χ1v) is 8.15. The molecule has 7 heteroatoms. The molecule has 2 atom stereocenters. The minimum absolute atomic E-state index is 0.00227. The van der Waals surface area contributed by atoms with E-state index in [2.05, 4.69) is 5.16 Å². The highest BCUT2D eigenvalue weighted by molar-refractivity contribution is 5.93. The molecule has 2 aromatic rings. The molecule has 3 rings (SSSR count). The first-order valence-electron chi connectivity index (χ1n) is 8.15. The fourth-order valence-electron chi connectivity index (χ4n) is 3.02. The van der Waals surface area contributed by atoms with E-state index in [-0.39, 0.29) is 23.8 Å². The standard InChI is InChI=1S/C18H22N2O5/c1-11-9-20(10-12(2)24-11)18(21)15-8-17(25-19-15)14-7-13(22-3)5-6-16(14)23-4/h5-8,11-12H,9-10H2,1-4H3. The number of aromatic nitrogens is 1. The van der Waals surface area contributed by atoms with Crippen molar-refractivity contribution in [1.82, 2.24) is 10.1 Å². The van der Waals surface area contributed by atoms with Crippen molar-refractivity contribution in [3.63, 3.8) is 0 Å². The zero-order chi connectivity index (χ0) is 18.0. The van der Waals surface area contributed by atoms with Crippen molar-refractivity contribution in [2.75, 3.05) is 27.3 Å². The van der Waals surface area contributed by atoms with Crippen LogP contribution in [-0.2, 0) is 4.74 Å². The summed E-state index contributed by atoms with van der Waals surface area (Å²) in [5.41, 5.74) is 0.943. The molecule has 2 unspecified atom stereocenters. The number of carbonyl (C=O) groups excluding carboxylic acids is 1. The van der Waals surface area contributed by atoms with Crippen LogP contribution in [0.5, 0.6) is 11.5 Å². The highest BCUT2D eigenvalue weighted by Gasteiger charge is 2.28. The lowest BCUT2D eigenvalue weighted by molar-refractivity contribution is -0.0588. The number of morpholine rings is 1. The second-order valence-electron chi connectivity index (χ2n) is 6.11. The number of nitrogens with zero attached hydrogens (tertiary/aromatic N) is 2. The van der Waals surface area contributed by atoms with Gasteiger partial charge in [0.15, 0.2) is 11.5 Å². The van der Waals surface area contributed by atoms with Crippen LogP contribution in [0, 0.1) is 0 Å². The van der Waals surface area contributed by atoms with Crippen molar-refractivity contribution in [2.45, 2.75) is 26.1 Å². The third kappa shape index (κ3) is 3.61. The Hall–Kier alpha value is -2.54. The van der Waals surface area contributed by atoms with Gasteiger partial charge in [0.1, 0.15) is 11.5 Å². The average Bonchev–Trinajstić information content (AvgIpc) is 3.09. The first kappa shape index (κ1) is 17.3. The predicted octanol–water partition coefficient (Wildman–Crippen LogP) is 2.61. The Morgan fingerprint density at radius 1 is 1.16 bits per heavy atom. The molecule has 7 nitrogen and oxygen atoms in total. The maximum atomic E-state index is 12.7. The largest absolute Gasteiger partial charge is 0.497 e. The molecule has 1 saturated heterocycles. The van der Waals surface area contributed by atoms with E-state index in [0.717, 1.165) is 0 Å². The number of rotatable bonds is 4. The molecule has 1 amide bonds. The van der Waals surface area contributed by atoms with E-state index < -0.39 is 0 Å². The molecule has 1 aliphatic rings. The lowest BCUT2D eigenvalue weighted by atomic mass is 10.1. The summed E-state index contributed by atoms with van der Waals surface area (Å²) in [6, 6.07) is 6.99. The van der Waals surface area contributed by atoms with Crippen molar-refractivity contribution in [3.05, 3.63) is 30.0 Å². The van der Waals surface area contributed by atoms with Gasteiger partial charge in [-0.1, -0.05) is 5.16 Å². The van der Waals surface area contributed by atoms with Crippen molar-refractivity contribution >= 4 is 5.91 Å². The van der Waals surface area contributed by atoms with Gasteiger partial charge in [-0.05, 0) is 32.0 Å². The van der Waals surface area contributed by atoms with Gasteiger partial charge in [-0.15, -0.1) is 0 Å². The van der Waals surface area contributed by atoms with Crippen molar-refractivity contribution < 1.29 is 23.5 Å². The smallest absolute Gasteiger partial charge is 0.276 e. The summed E-state index contributed by atoms with van der Waals surface area (Å²) in [7, 11) is 3.16. The summed E-state index contributed by atoms with van der Waals surface area (Å²) in [6.07, 6.45) is -0.00454. The normalized spacial score (nSPS) is 20.4. The minimum Gasteiger partial charge on any atom is -0.497 e. The van der Waals surface area contributed by atoms with Crippen molar-refractivity contribution in [3.8, 4) is 22.8 Å². The van der Waals surface area contributed by atoms with Gasteiger partial charge in [-0.25, -0.2) is 0 Å². The van der Waals surface area contributed by atoms with E-state index in [1.165, 1.54) is 0 Å². The quantitative estimate of drug-likeness (QED) is 0.847. The second-order valence-corrected chi connectivity index (χ2v) is 6.11. The summed E-state index contributed by atoms with van der Waals surface area (Å²) in [5, 5.41) is 3.95. The van der Waals surface area contributed by atoms with Crippen LogP contribution in [0.25, 0.3) is 11.3 Å². The van der Waals surface area contributed by atoms with Gasteiger partial charge in [0.2, 0.25) is 0 Å². The average molecular weight is 346 g/mol. The molecule has 0 spiro atoms. The molecule has 1 aromatic heterocycles. The summed E-state index contributed by atoms with van der Waals surface area (Å²) in [5.74, 6) is 1.56. The number of ether oxygens (including phenoxy) is 3. The maximum Gasteiger partial charge on any atom is 0.276 e. The molecular formula is C18H22N2O5. The first-order chi connectivity index (χ1) is 12.0. The molecule has 25 heavy (non-hydrogen) atoms. The van der Waals surface area contributed by atoms with Crippen LogP contribution in [0.2, 0.25) is 0 Å². The summed E-state index contributed by atoms with van der Waals surface area (Å²) in [4.78, 5) is 14.4. The lowest BCUT2D eigenvalue weighted by Crippen LogP contribution is -2.48. The van der Waals surface area contributed by atoms with Crippen LogP contribution in [0.15, 0.2) is 28.8 Å². The fraction of sp³-hybridized carbons (Fsp3) is 0.444. The van der Waals surface area contributed by atoms with Gasteiger partial charge in [0.25, 0.3) is 5.91 Å². The van der Waals surface area contributed by atoms with Crippen LogP contribution in [0.3, 0.4) is 0 Å². The third-order valence-electron chi connectivity index (χ3n) is 4.11. The van der Waals surface area contributed by atoms with Gasteiger partial charge in [0.05, 0.1) is 32.0 Å². The Labute approximate surface area is 146 Å². The molecule has 1 aliphatic heterocycles. The molecule has 0 aliphatic carbocycles. The molecule has 0 saturated carbocycles. The monoisotopic (exact) mass is 346 g/mol. The number of methoxy groups -OCH3 is 2. The molecule has 134 valence electrons. The lowest BCUT2D eigenvalue weighted by Gasteiger charge is -2.34. The van der Waals surface area contributed by atoms with Crippen LogP contribution in [0.4, 0.5) is 0 Å². The Morgan fingerprint density at radius 2 is 1.88 bits per heavy atom. The highest BCUT2D eigenvalue weighted by atomic mass is 16.5. The van der Waals surface area contributed by atoms with E-state index in [4.69, 9.17) is 18.7 Å². The Bertz CT molecular complexity index is 748. The van der Waals surface area contributed by atoms with E-state index in [1.807, 2.05) is 13.8 Å². The van der Waals surface area contributed by atoms with Gasteiger partial charge < -0.3 is 23.6 Å². The van der Waals surface area contributed by atoms with E-state index >= 15 is 0 Å². The molecular weight excluding hydrogens is 324 g/mol. The fourth-order valence-corrected chi connectivity index (χ4v) is 3.02. The second kappa shape index (κ2) is 7.14. The SMILES string of the molecule is COc1ccc(OC)c(-c2cc(C(=O)N3CC(C)OC(C)C3)no2)c1. The Kier molecular flexibility index (Phi) is 4.94. The van der Waals surface area contributed by atoms with Crippen LogP contribution >= 0.6 is 0 Å². The summed E-state index contributed by atoms with van der Waals surface area (Å²) in [6.45, 7) is 4.97. The predicted molar refractivity (Wildman–Crippen MR) is 91.0 cm³/mol. The van der Waals surface area contributed by atoms with Crippen molar-refractivity contribution in [2.24, 2.45) is 0 Å². The maximum absolute atomic E-state index is 12.7. The topological polar surface area (TPSA) is 74.0 Å². The van der Waals surface area contributed by atoms with E-state index in [0.29, 0.717) is 35.9 Å². The van der Waals surface area contributed by atoms with E-state index in [9.17, 15) is 4.79 Å². The number of amides is 1. The third-order valence-corrected chi connectivity index (χ3v) is 4.11. The van der Waals surface area contributed by atoms with Crippen LogP contribution in [-0.4, -0.2) is 55.5 Å². The number of hydrogen-bond acceptors (Lipinski definition) is 6. The Balaban J connectivity index is 1.86. The van der Waals surface area contributed by atoms with Crippen molar-refractivity contribution in [1.29, 1.82) is 0 Å². The van der Waals surface area contributed by atoms with Gasteiger partial charge in [-0.3, -0.25) is 4.79 Å². The molecule has 2 heterocycles. The molecule has 0 radical (unpaired) electrons. The Morgan fingerprint density at radius 3 is 2.52 bits per heavy atom. The van der Waals surface area contributed by atoms with Crippen LogP contribution < -0.4 is 9.47 Å². The number of carbonyl (C=O) groups is 1. The van der Waals surface area contributed by atoms with Crippen LogP contribution in [0.1, 0.15) is 24.3 Å². The zero-order valence-corrected chi connectivity index (χ0v) is 14.8. The van der Waals surface area contributed by atoms with Gasteiger partial charge in [0, 0.05) is 19.2 Å². The molecule has 1 aromatic carbocycles. The number of benzene rings is 1.